The molecule has 0 amide bonds. The van der Waals surface area contributed by atoms with Gasteiger partial charge < -0.3 is 14.2 Å². The summed E-state index contributed by atoms with van der Waals surface area (Å²) in [6.07, 6.45) is 3.48. The summed E-state index contributed by atoms with van der Waals surface area (Å²) in [6, 6.07) is 19.3. The summed E-state index contributed by atoms with van der Waals surface area (Å²) < 4.78 is 17.7. The van der Waals surface area contributed by atoms with Crippen LogP contribution in [0.2, 0.25) is 0 Å². The summed E-state index contributed by atoms with van der Waals surface area (Å²) in [6.45, 7) is 8.79. The molecule has 1 saturated carbocycles. The van der Waals surface area contributed by atoms with Crippen LogP contribution in [0.3, 0.4) is 0 Å². The Morgan fingerprint density at radius 3 is 2.44 bits per heavy atom. The van der Waals surface area contributed by atoms with Crippen LogP contribution < -0.4 is 4.74 Å². The van der Waals surface area contributed by atoms with Crippen LogP contribution in [0.5, 0.6) is 5.75 Å². The first-order chi connectivity index (χ1) is 17.3. The Morgan fingerprint density at radius 2 is 1.78 bits per heavy atom. The van der Waals surface area contributed by atoms with Gasteiger partial charge in [-0.3, -0.25) is 0 Å². The number of aryl methyl sites for hydroxylation is 2. The number of fused-ring (bicyclic) bond motifs is 1. The zero-order chi connectivity index (χ0) is 25.4. The van der Waals surface area contributed by atoms with Crippen molar-refractivity contribution >= 4 is 5.97 Å². The number of benzene rings is 3. The van der Waals surface area contributed by atoms with Gasteiger partial charge in [0.25, 0.3) is 0 Å². The third kappa shape index (κ3) is 4.92. The van der Waals surface area contributed by atoms with Crippen LogP contribution in [0.15, 0.2) is 54.6 Å². The fourth-order valence-electron chi connectivity index (χ4n) is 5.35. The molecule has 4 nitrogen and oxygen atoms in total. The molecule has 1 aliphatic heterocycles. The van der Waals surface area contributed by atoms with Crippen molar-refractivity contribution in [2.24, 2.45) is 0 Å². The van der Waals surface area contributed by atoms with Gasteiger partial charge in [-0.05, 0) is 110 Å². The van der Waals surface area contributed by atoms with Gasteiger partial charge in [0.15, 0.2) is 6.10 Å². The Hall–Kier alpha value is -3.11. The molecule has 0 N–H and O–H groups in total. The van der Waals surface area contributed by atoms with Crippen molar-refractivity contribution in [1.82, 2.24) is 0 Å². The predicted octanol–water partition coefficient (Wildman–Crippen LogP) is 7.56. The van der Waals surface area contributed by atoms with E-state index in [4.69, 9.17) is 14.2 Å². The van der Waals surface area contributed by atoms with E-state index >= 15 is 0 Å². The standard InChI is InChI=1S/C32H36O4/c1-20-18-25(21-10-7-6-8-11-21)28(22-13-14-22)29(24-15-16-26-23(19-24)12-9-17-35-26)27(20)30(31(33)34-5)36-32(2,3)4/h6-8,10-11,15-16,18-19,22,30H,9,12-14,17H2,1-5H3. The van der Waals surface area contributed by atoms with Crippen LogP contribution in [0.25, 0.3) is 22.3 Å². The Balaban J connectivity index is 1.82. The molecule has 2 aliphatic rings. The molecule has 1 aliphatic carbocycles. The second kappa shape index (κ2) is 9.74. The van der Waals surface area contributed by atoms with Crippen LogP contribution in [-0.4, -0.2) is 25.3 Å². The minimum Gasteiger partial charge on any atom is -0.493 e. The molecule has 1 heterocycles. The van der Waals surface area contributed by atoms with Gasteiger partial charge in [-0.25, -0.2) is 4.79 Å². The average Bonchev–Trinajstić information content (AvgIpc) is 3.71. The van der Waals surface area contributed by atoms with E-state index < -0.39 is 11.7 Å². The topological polar surface area (TPSA) is 44.8 Å². The van der Waals surface area contributed by atoms with Gasteiger partial charge in [0.05, 0.1) is 19.3 Å². The number of carbonyl (C=O) groups is 1. The highest BCUT2D eigenvalue weighted by molar-refractivity contribution is 5.89. The maximum Gasteiger partial charge on any atom is 0.339 e. The first-order valence-corrected chi connectivity index (χ1v) is 13.0. The molecule has 0 radical (unpaired) electrons. The lowest BCUT2D eigenvalue weighted by Gasteiger charge is -2.31. The summed E-state index contributed by atoms with van der Waals surface area (Å²) in [5.41, 5.74) is 8.62. The Labute approximate surface area is 214 Å². The van der Waals surface area contributed by atoms with E-state index in [1.165, 1.54) is 29.4 Å². The van der Waals surface area contributed by atoms with Crippen molar-refractivity contribution < 1.29 is 19.0 Å². The Morgan fingerprint density at radius 1 is 1.03 bits per heavy atom. The maximum atomic E-state index is 13.2. The first-order valence-electron chi connectivity index (χ1n) is 13.0. The average molecular weight is 485 g/mol. The van der Waals surface area contributed by atoms with E-state index in [0.717, 1.165) is 60.3 Å². The molecule has 4 heteroatoms. The van der Waals surface area contributed by atoms with Crippen molar-refractivity contribution in [3.63, 3.8) is 0 Å². The molecule has 3 aromatic rings. The maximum absolute atomic E-state index is 13.2. The van der Waals surface area contributed by atoms with Crippen molar-refractivity contribution in [1.29, 1.82) is 0 Å². The van der Waals surface area contributed by atoms with Crippen LogP contribution in [0.4, 0.5) is 0 Å². The van der Waals surface area contributed by atoms with Gasteiger partial charge in [-0.15, -0.1) is 0 Å². The van der Waals surface area contributed by atoms with Crippen LogP contribution in [0.1, 0.15) is 74.3 Å². The molecule has 188 valence electrons. The van der Waals surface area contributed by atoms with Crippen molar-refractivity contribution in [2.45, 2.75) is 71.0 Å². The van der Waals surface area contributed by atoms with Crippen LogP contribution in [-0.2, 0) is 20.7 Å². The molecule has 1 fully saturated rings. The second-order valence-corrected chi connectivity index (χ2v) is 11.0. The van der Waals surface area contributed by atoms with E-state index in [1.807, 2.05) is 20.8 Å². The fourth-order valence-corrected chi connectivity index (χ4v) is 5.35. The van der Waals surface area contributed by atoms with E-state index in [9.17, 15) is 4.79 Å². The highest BCUT2D eigenvalue weighted by Crippen LogP contribution is 2.52. The van der Waals surface area contributed by atoms with Gasteiger partial charge in [-0.1, -0.05) is 42.5 Å². The molecular weight excluding hydrogens is 448 g/mol. The molecule has 1 atom stereocenters. The van der Waals surface area contributed by atoms with Gasteiger partial charge in [0.1, 0.15) is 5.75 Å². The third-order valence-corrected chi connectivity index (χ3v) is 7.03. The molecule has 36 heavy (non-hydrogen) atoms. The SMILES string of the molecule is COC(=O)C(OC(C)(C)C)c1c(C)cc(-c2ccccc2)c(C2CC2)c1-c1ccc2c(c1)CCCO2. The Bertz CT molecular complexity index is 1270. The normalized spacial score (nSPS) is 16.1. The number of methoxy groups -OCH3 is 1. The number of carbonyl (C=O) groups excluding carboxylic acids is 1. The van der Waals surface area contributed by atoms with Crippen LogP contribution in [0, 0.1) is 6.92 Å². The highest BCUT2D eigenvalue weighted by atomic mass is 16.6. The molecule has 5 rings (SSSR count). The van der Waals surface area contributed by atoms with Gasteiger partial charge in [0.2, 0.25) is 0 Å². The number of hydrogen-bond donors (Lipinski definition) is 0. The lowest BCUT2D eigenvalue weighted by atomic mass is 9.81. The van der Waals surface area contributed by atoms with Gasteiger partial charge in [0, 0.05) is 5.56 Å². The third-order valence-electron chi connectivity index (χ3n) is 7.03. The molecule has 0 spiro atoms. The predicted molar refractivity (Wildman–Crippen MR) is 143 cm³/mol. The smallest absolute Gasteiger partial charge is 0.339 e. The Kier molecular flexibility index (Phi) is 6.65. The molecule has 3 aromatic carbocycles. The zero-order valence-electron chi connectivity index (χ0n) is 22.0. The quantitative estimate of drug-likeness (QED) is 0.339. The van der Waals surface area contributed by atoms with Gasteiger partial charge in [-0.2, -0.15) is 0 Å². The monoisotopic (exact) mass is 484 g/mol. The van der Waals surface area contributed by atoms with Crippen LogP contribution >= 0.6 is 0 Å². The number of hydrogen-bond acceptors (Lipinski definition) is 4. The van der Waals surface area contributed by atoms with Crippen molar-refractivity contribution in [2.75, 3.05) is 13.7 Å². The van der Waals surface area contributed by atoms with Crippen molar-refractivity contribution in [3.05, 3.63) is 76.9 Å². The minimum absolute atomic E-state index is 0.371. The number of esters is 1. The summed E-state index contributed by atoms with van der Waals surface area (Å²) in [7, 11) is 1.44. The summed E-state index contributed by atoms with van der Waals surface area (Å²) in [5, 5.41) is 0. The van der Waals surface area contributed by atoms with E-state index in [2.05, 4.69) is 61.5 Å². The lowest BCUT2D eigenvalue weighted by Crippen LogP contribution is -2.29. The van der Waals surface area contributed by atoms with E-state index in [-0.39, 0.29) is 5.97 Å². The minimum atomic E-state index is -0.820. The lowest BCUT2D eigenvalue weighted by molar-refractivity contribution is -0.164. The van der Waals surface area contributed by atoms with Gasteiger partial charge >= 0.3 is 5.97 Å². The van der Waals surface area contributed by atoms with E-state index in [0.29, 0.717) is 5.92 Å². The molecule has 1 unspecified atom stereocenters. The summed E-state index contributed by atoms with van der Waals surface area (Å²) in [4.78, 5) is 13.2. The zero-order valence-corrected chi connectivity index (χ0v) is 22.0. The largest absolute Gasteiger partial charge is 0.493 e. The fraction of sp³-hybridized carbons (Fsp3) is 0.406. The molecule has 0 saturated heterocycles. The molecular formula is C32H36O4. The number of ether oxygens (including phenoxy) is 3. The molecule has 0 bridgehead atoms. The first kappa shape index (κ1) is 24.6. The summed E-state index contributed by atoms with van der Waals surface area (Å²) in [5.74, 6) is 1.05. The highest BCUT2D eigenvalue weighted by Gasteiger charge is 2.37. The summed E-state index contributed by atoms with van der Waals surface area (Å²) >= 11 is 0. The van der Waals surface area contributed by atoms with Crippen molar-refractivity contribution in [3.8, 4) is 28.0 Å². The second-order valence-electron chi connectivity index (χ2n) is 11.0. The molecule has 0 aromatic heterocycles. The number of rotatable bonds is 6. The van der Waals surface area contributed by atoms with E-state index in [1.54, 1.807) is 0 Å².